The van der Waals surface area contributed by atoms with Crippen molar-refractivity contribution < 1.29 is 27.5 Å². The van der Waals surface area contributed by atoms with E-state index in [1.165, 1.54) is 6.20 Å². The minimum atomic E-state index is -4.51. The fourth-order valence-corrected chi connectivity index (χ4v) is 3.92. The lowest BCUT2D eigenvalue weighted by atomic mass is 10.1. The number of halogens is 3. The van der Waals surface area contributed by atoms with Crippen LogP contribution in [0.15, 0.2) is 60.8 Å². The molecule has 1 aliphatic heterocycles. The third-order valence-electron chi connectivity index (χ3n) is 5.96. The van der Waals surface area contributed by atoms with Crippen molar-refractivity contribution in [3.05, 3.63) is 77.6 Å². The molecule has 7 nitrogen and oxygen atoms in total. The Morgan fingerprint density at radius 2 is 1.54 bits per heavy atom. The number of alkyl halides is 3. The van der Waals surface area contributed by atoms with Crippen LogP contribution in [0.1, 0.15) is 28.0 Å². The topological polar surface area (TPSA) is 67.7 Å². The Hall–Kier alpha value is -3.82. The maximum Gasteiger partial charge on any atom is 0.435 e. The number of methoxy groups -OCH3 is 1. The number of benzene rings is 2. The summed E-state index contributed by atoms with van der Waals surface area (Å²) in [5.41, 5.74) is 0.927. The van der Waals surface area contributed by atoms with E-state index < -0.39 is 11.9 Å². The maximum absolute atomic E-state index is 12.9. The minimum absolute atomic E-state index is 0.0507. The van der Waals surface area contributed by atoms with Gasteiger partial charge in [-0.3, -0.25) is 9.59 Å². The molecular weight excluding hydrogens is 461 g/mol. The second kappa shape index (κ2) is 10.2. The number of aromatic nitrogens is 2. The third-order valence-corrected chi connectivity index (χ3v) is 5.96. The molecule has 0 saturated carbocycles. The molecule has 35 heavy (non-hydrogen) atoms. The van der Waals surface area contributed by atoms with Gasteiger partial charge < -0.3 is 14.5 Å². The van der Waals surface area contributed by atoms with Crippen LogP contribution in [0.2, 0.25) is 0 Å². The normalized spacial score (nSPS) is 14.2. The molecule has 1 fully saturated rings. The monoisotopic (exact) mass is 486 g/mol. The van der Waals surface area contributed by atoms with Gasteiger partial charge >= 0.3 is 6.18 Å². The molecule has 2 heterocycles. The van der Waals surface area contributed by atoms with E-state index in [9.17, 15) is 22.8 Å². The van der Waals surface area contributed by atoms with E-state index in [4.69, 9.17) is 4.74 Å². The summed E-state index contributed by atoms with van der Waals surface area (Å²) in [6, 6.07) is 14.8. The Balaban J connectivity index is 1.28. The minimum Gasteiger partial charge on any atom is -0.497 e. The van der Waals surface area contributed by atoms with E-state index >= 15 is 0 Å². The molecule has 0 aliphatic carbocycles. The van der Waals surface area contributed by atoms with Crippen LogP contribution in [0.25, 0.3) is 5.69 Å². The Kier molecular flexibility index (Phi) is 7.09. The lowest BCUT2D eigenvalue weighted by molar-refractivity contribution is -0.141. The number of ether oxygens (including phenoxy) is 1. The number of amides is 2. The van der Waals surface area contributed by atoms with Crippen LogP contribution in [0.3, 0.4) is 0 Å². The van der Waals surface area contributed by atoms with Crippen LogP contribution in [-0.2, 0) is 17.4 Å². The highest BCUT2D eigenvalue weighted by Gasteiger charge is 2.33. The fraction of sp³-hybridized carbons (Fsp3) is 0.320. The van der Waals surface area contributed by atoms with Gasteiger partial charge in [0, 0.05) is 44.4 Å². The molecule has 10 heteroatoms. The van der Waals surface area contributed by atoms with Crippen molar-refractivity contribution >= 4 is 11.8 Å². The van der Waals surface area contributed by atoms with E-state index in [0.717, 1.165) is 22.1 Å². The predicted molar refractivity (Wildman–Crippen MR) is 122 cm³/mol. The number of carbonyl (C=O) groups is 2. The molecule has 2 amide bonds. The number of nitrogens with zero attached hydrogens (tertiary/aromatic N) is 4. The summed E-state index contributed by atoms with van der Waals surface area (Å²) in [4.78, 5) is 28.9. The highest BCUT2D eigenvalue weighted by Crippen LogP contribution is 2.28. The first-order chi connectivity index (χ1) is 16.7. The summed E-state index contributed by atoms with van der Waals surface area (Å²) < 4.78 is 44.5. The molecule has 184 valence electrons. The van der Waals surface area contributed by atoms with Crippen molar-refractivity contribution in [2.45, 2.75) is 19.0 Å². The smallest absolute Gasteiger partial charge is 0.435 e. The van der Waals surface area contributed by atoms with Gasteiger partial charge in [-0.15, -0.1) is 0 Å². The molecule has 0 N–H and O–H groups in total. The second-order valence-electron chi connectivity index (χ2n) is 8.21. The molecule has 0 unspecified atom stereocenters. The quantitative estimate of drug-likeness (QED) is 0.532. The Morgan fingerprint density at radius 1 is 0.914 bits per heavy atom. The zero-order valence-corrected chi connectivity index (χ0v) is 19.2. The van der Waals surface area contributed by atoms with Gasteiger partial charge in [-0.25, -0.2) is 4.68 Å². The van der Waals surface area contributed by atoms with E-state index in [1.807, 2.05) is 24.3 Å². The number of hydrogen-bond acceptors (Lipinski definition) is 4. The lowest BCUT2D eigenvalue weighted by Gasteiger charge is -2.35. The summed E-state index contributed by atoms with van der Waals surface area (Å²) in [5.74, 6) is 0.639. The number of piperazine rings is 1. The van der Waals surface area contributed by atoms with Crippen molar-refractivity contribution in [2.75, 3.05) is 33.3 Å². The highest BCUT2D eigenvalue weighted by atomic mass is 19.4. The third kappa shape index (κ3) is 5.82. The molecule has 1 aromatic heterocycles. The van der Waals surface area contributed by atoms with Gasteiger partial charge in [0.1, 0.15) is 5.75 Å². The van der Waals surface area contributed by atoms with Crippen LogP contribution in [0.4, 0.5) is 13.2 Å². The van der Waals surface area contributed by atoms with Crippen molar-refractivity contribution in [1.29, 1.82) is 0 Å². The Labute approximate surface area is 200 Å². The maximum atomic E-state index is 12.9. The first-order valence-electron chi connectivity index (χ1n) is 11.2. The predicted octanol–water partition coefficient (Wildman–Crippen LogP) is 3.82. The van der Waals surface area contributed by atoms with Gasteiger partial charge in [0.15, 0.2) is 5.69 Å². The summed E-state index contributed by atoms with van der Waals surface area (Å²) in [7, 11) is 1.61. The van der Waals surface area contributed by atoms with Gasteiger partial charge in [0.2, 0.25) is 5.91 Å². The molecular formula is C25H25F3N4O3. The van der Waals surface area contributed by atoms with E-state index in [-0.39, 0.29) is 11.8 Å². The standard InChI is InChI=1S/C25H25F3N4O3/c1-35-21-9-2-18(3-10-21)4-11-23(33)30-14-16-31(17-15-30)24(34)19-5-7-20(8-6-19)32-13-12-22(29-32)25(26,27)28/h2-3,5-10,12-13H,4,11,14-17H2,1H3. The first kappa shape index (κ1) is 24.3. The summed E-state index contributed by atoms with van der Waals surface area (Å²) >= 11 is 0. The molecule has 2 aromatic carbocycles. The molecule has 1 saturated heterocycles. The van der Waals surface area contributed by atoms with E-state index in [1.54, 1.807) is 41.2 Å². The number of carbonyl (C=O) groups excluding carboxylic acids is 2. The van der Waals surface area contributed by atoms with Crippen molar-refractivity contribution in [1.82, 2.24) is 19.6 Å². The summed E-state index contributed by atoms with van der Waals surface area (Å²) in [6.45, 7) is 1.75. The van der Waals surface area contributed by atoms with Gasteiger partial charge in [-0.05, 0) is 54.4 Å². The van der Waals surface area contributed by atoms with E-state index in [2.05, 4.69) is 5.10 Å². The summed E-state index contributed by atoms with van der Waals surface area (Å²) in [5, 5.41) is 3.54. The van der Waals surface area contributed by atoms with Crippen LogP contribution in [-0.4, -0.2) is 64.7 Å². The lowest BCUT2D eigenvalue weighted by Crippen LogP contribution is -2.50. The highest BCUT2D eigenvalue weighted by molar-refractivity contribution is 5.94. The van der Waals surface area contributed by atoms with Gasteiger partial charge in [-0.2, -0.15) is 18.3 Å². The molecule has 1 aliphatic rings. The number of aryl methyl sites for hydroxylation is 1. The van der Waals surface area contributed by atoms with Gasteiger partial charge in [-0.1, -0.05) is 12.1 Å². The second-order valence-corrected chi connectivity index (χ2v) is 8.21. The van der Waals surface area contributed by atoms with Crippen LogP contribution < -0.4 is 4.74 Å². The Morgan fingerprint density at radius 3 is 2.11 bits per heavy atom. The van der Waals surface area contributed by atoms with Crippen molar-refractivity contribution in [3.8, 4) is 11.4 Å². The average Bonchev–Trinajstić information content (AvgIpc) is 3.39. The SMILES string of the molecule is COc1ccc(CCC(=O)N2CCN(C(=O)c3ccc(-n4ccc(C(F)(F)F)n4)cc3)CC2)cc1. The zero-order chi connectivity index (χ0) is 25.0. The molecule has 0 radical (unpaired) electrons. The van der Waals surface area contributed by atoms with Gasteiger partial charge in [0.05, 0.1) is 12.8 Å². The van der Waals surface area contributed by atoms with Crippen LogP contribution in [0.5, 0.6) is 5.75 Å². The van der Waals surface area contributed by atoms with Crippen molar-refractivity contribution in [3.63, 3.8) is 0 Å². The molecule has 3 aromatic rings. The van der Waals surface area contributed by atoms with Gasteiger partial charge in [0.25, 0.3) is 5.91 Å². The molecule has 0 atom stereocenters. The largest absolute Gasteiger partial charge is 0.497 e. The molecule has 4 rings (SSSR count). The van der Waals surface area contributed by atoms with Crippen molar-refractivity contribution in [2.24, 2.45) is 0 Å². The van der Waals surface area contributed by atoms with Crippen LogP contribution in [0, 0.1) is 0 Å². The van der Waals surface area contributed by atoms with Crippen LogP contribution >= 0.6 is 0 Å². The summed E-state index contributed by atoms with van der Waals surface area (Å²) in [6.07, 6.45) is -2.26. The Bertz CT molecular complexity index is 1170. The molecule has 0 spiro atoms. The molecule has 0 bridgehead atoms. The first-order valence-corrected chi connectivity index (χ1v) is 11.2. The average molecular weight is 486 g/mol. The number of hydrogen-bond donors (Lipinski definition) is 0. The number of rotatable bonds is 6. The zero-order valence-electron chi connectivity index (χ0n) is 19.2. The van der Waals surface area contributed by atoms with E-state index in [0.29, 0.717) is 50.3 Å². The fourth-order valence-electron chi connectivity index (χ4n) is 3.92.